The van der Waals surface area contributed by atoms with Gasteiger partial charge in [0.1, 0.15) is 0 Å². The van der Waals surface area contributed by atoms with E-state index in [1.54, 1.807) is 0 Å². The van der Waals surface area contributed by atoms with Gasteiger partial charge >= 0.3 is 6.18 Å². The molecule has 2 atom stereocenters. The maximum Gasteiger partial charge on any atom is 0.417 e. The fourth-order valence-electron chi connectivity index (χ4n) is 6.65. The van der Waals surface area contributed by atoms with Crippen LogP contribution < -0.4 is 0 Å². The number of halogens is 3. The third-order valence-electron chi connectivity index (χ3n) is 8.30. The molecule has 0 radical (unpaired) electrons. The average molecular weight is 479 g/mol. The number of fused-ring (bicyclic) bond motifs is 1. The van der Waals surface area contributed by atoms with Gasteiger partial charge in [0.15, 0.2) is 0 Å². The Morgan fingerprint density at radius 3 is 2.52 bits per heavy atom. The van der Waals surface area contributed by atoms with Crippen LogP contribution in [0.15, 0.2) is 24.5 Å². The van der Waals surface area contributed by atoms with Crippen LogP contribution in [0.5, 0.6) is 0 Å². The van der Waals surface area contributed by atoms with Crippen molar-refractivity contribution in [3.8, 4) is 11.3 Å². The third-order valence-corrected chi connectivity index (χ3v) is 10.2. The summed E-state index contributed by atoms with van der Waals surface area (Å²) < 4.78 is 53.1. The predicted molar refractivity (Wildman–Crippen MR) is 120 cm³/mol. The molecule has 2 saturated heterocycles. The SMILES string of the molecule is CC(C)n1nc(-c2cncc(C(F)(F)F)c2)cc1C1C2CC(N3CCC4(C3)CS(=O)C4)CC21. The van der Waals surface area contributed by atoms with Crippen LogP contribution in [0.25, 0.3) is 11.3 Å². The Morgan fingerprint density at radius 1 is 1.15 bits per heavy atom. The maximum absolute atomic E-state index is 13.2. The van der Waals surface area contributed by atoms with Crippen molar-refractivity contribution in [3.63, 3.8) is 0 Å². The van der Waals surface area contributed by atoms with Gasteiger partial charge in [0.25, 0.3) is 0 Å². The molecule has 2 aliphatic carbocycles. The minimum atomic E-state index is -4.42. The fraction of sp³-hybridized carbons (Fsp3) is 0.667. The third kappa shape index (κ3) is 3.66. The molecule has 5 nitrogen and oxygen atoms in total. The van der Waals surface area contributed by atoms with E-state index in [-0.39, 0.29) is 6.04 Å². The Kier molecular flexibility index (Phi) is 4.87. The van der Waals surface area contributed by atoms with Gasteiger partial charge in [-0.25, -0.2) is 0 Å². The van der Waals surface area contributed by atoms with Crippen LogP contribution in [-0.2, 0) is 17.0 Å². The zero-order valence-corrected chi connectivity index (χ0v) is 19.7. The van der Waals surface area contributed by atoms with Gasteiger partial charge in [0.05, 0.1) is 11.3 Å². The van der Waals surface area contributed by atoms with Crippen LogP contribution in [0, 0.1) is 17.3 Å². The second-order valence-corrected chi connectivity index (χ2v) is 12.3. The summed E-state index contributed by atoms with van der Waals surface area (Å²) in [5.74, 6) is 3.46. The monoisotopic (exact) mass is 478 g/mol. The molecule has 2 aromatic heterocycles. The zero-order chi connectivity index (χ0) is 23.1. The quantitative estimate of drug-likeness (QED) is 0.650. The molecular formula is C24H29F3N4OS. The van der Waals surface area contributed by atoms with E-state index in [0.29, 0.717) is 40.5 Å². The van der Waals surface area contributed by atoms with Gasteiger partial charge in [-0.15, -0.1) is 0 Å². The lowest BCUT2D eigenvalue weighted by Gasteiger charge is -2.38. The Balaban J connectivity index is 1.18. The molecular weight excluding hydrogens is 449 g/mol. The van der Waals surface area contributed by atoms with Gasteiger partial charge < -0.3 is 0 Å². The molecule has 4 aliphatic rings. The first kappa shape index (κ1) is 21.8. The number of aromatic nitrogens is 3. The molecule has 6 rings (SSSR count). The summed E-state index contributed by atoms with van der Waals surface area (Å²) in [5, 5.41) is 4.70. The number of pyridine rings is 1. The van der Waals surface area contributed by atoms with Crippen molar-refractivity contribution in [1.29, 1.82) is 0 Å². The molecule has 0 bridgehead atoms. The van der Waals surface area contributed by atoms with Gasteiger partial charge in [-0.2, -0.15) is 18.3 Å². The molecule has 2 saturated carbocycles. The van der Waals surface area contributed by atoms with Crippen LogP contribution in [-0.4, -0.2) is 54.5 Å². The highest BCUT2D eigenvalue weighted by molar-refractivity contribution is 7.86. The molecule has 0 aromatic carbocycles. The summed E-state index contributed by atoms with van der Waals surface area (Å²) in [6.45, 7) is 6.36. The molecule has 33 heavy (non-hydrogen) atoms. The molecule has 1 spiro atoms. The van der Waals surface area contributed by atoms with E-state index in [2.05, 4.69) is 23.7 Å². The van der Waals surface area contributed by atoms with Gasteiger partial charge in [-0.05, 0) is 63.6 Å². The van der Waals surface area contributed by atoms with Crippen molar-refractivity contribution in [2.75, 3.05) is 24.6 Å². The van der Waals surface area contributed by atoms with Crippen molar-refractivity contribution in [2.24, 2.45) is 17.3 Å². The van der Waals surface area contributed by atoms with Crippen molar-refractivity contribution in [2.45, 2.75) is 57.3 Å². The van der Waals surface area contributed by atoms with Crippen LogP contribution >= 0.6 is 0 Å². The van der Waals surface area contributed by atoms with E-state index in [4.69, 9.17) is 5.10 Å². The highest BCUT2D eigenvalue weighted by Gasteiger charge is 2.60. The smallest absolute Gasteiger partial charge is 0.300 e. The highest BCUT2D eigenvalue weighted by Crippen LogP contribution is 2.64. The summed E-state index contributed by atoms with van der Waals surface area (Å²) in [5.41, 5.74) is 1.71. The normalized spacial score (nSPS) is 35.9. The summed E-state index contributed by atoms with van der Waals surface area (Å²) in [6.07, 6.45) is 1.45. The lowest BCUT2D eigenvalue weighted by Crippen LogP contribution is -2.47. The summed E-state index contributed by atoms with van der Waals surface area (Å²) in [7, 11) is -0.597. The maximum atomic E-state index is 13.2. The summed E-state index contributed by atoms with van der Waals surface area (Å²) in [6, 6.07) is 3.89. The van der Waals surface area contributed by atoms with Crippen molar-refractivity contribution < 1.29 is 17.4 Å². The average Bonchev–Trinajstić information content (AvgIpc) is 3.20. The Hall–Kier alpha value is -1.74. The minimum absolute atomic E-state index is 0.141. The molecule has 0 amide bonds. The van der Waals surface area contributed by atoms with Crippen LogP contribution in [0.2, 0.25) is 0 Å². The van der Waals surface area contributed by atoms with Crippen molar-refractivity contribution in [3.05, 3.63) is 35.8 Å². The topological polar surface area (TPSA) is 51.0 Å². The molecule has 2 aliphatic heterocycles. The predicted octanol–water partition coefficient (Wildman–Crippen LogP) is 4.49. The van der Waals surface area contributed by atoms with Crippen molar-refractivity contribution >= 4 is 10.8 Å². The number of hydrogen-bond donors (Lipinski definition) is 0. The Labute approximate surface area is 194 Å². The van der Waals surface area contributed by atoms with E-state index in [9.17, 15) is 17.4 Å². The van der Waals surface area contributed by atoms with Gasteiger partial charge in [-0.1, -0.05) is 0 Å². The van der Waals surface area contributed by atoms with E-state index in [1.165, 1.54) is 25.5 Å². The number of alkyl halides is 3. The lowest BCUT2D eigenvalue weighted by atomic mass is 9.91. The first-order valence-corrected chi connectivity index (χ1v) is 13.3. The lowest BCUT2D eigenvalue weighted by molar-refractivity contribution is -0.137. The zero-order valence-electron chi connectivity index (χ0n) is 18.9. The van der Waals surface area contributed by atoms with E-state index < -0.39 is 22.5 Å². The van der Waals surface area contributed by atoms with Crippen molar-refractivity contribution in [1.82, 2.24) is 19.7 Å². The first-order chi connectivity index (χ1) is 15.6. The first-order valence-electron chi connectivity index (χ1n) is 11.8. The Bertz CT molecular complexity index is 1090. The molecule has 2 unspecified atom stereocenters. The van der Waals surface area contributed by atoms with Gasteiger partial charge in [0, 0.05) is 75.9 Å². The van der Waals surface area contributed by atoms with Crippen LogP contribution in [0.4, 0.5) is 13.2 Å². The number of nitrogens with zero attached hydrogens (tertiary/aromatic N) is 4. The second-order valence-electron chi connectivity index (χ2n) is 10.9. The highest BCUT2D eigenvalue weighted by atomic mass is 32.2. The molecule has 2 aromatic rings. The second kappa shape index (κ2) is 7.38. The molecule has 0 N–H and O–H groups in total. The summed E-state index contributed by atoms with van der Waals surface area (Å²) >= 11 is 0. The molecule has 178 valence electrons. The number of hydrogen-bond acceptors (Lipinski definition) is 4. The molecule has 9 heteroatoms. The van der Waals surface area contributed by atoms with E-state index in [1.807, 2.05) is 10.7 Å². The van der Waals surface area contributed by atoms with E-state index >= 15 is 0 Å². The van der Waals surface area contributed by atoms with Gasteiger partial charge in [-0.3, -0.25) is 18.8 Å². The summed E-state index contributed by atoms with van der Waals surface area (Å²) in [4.78, 5) is 6.46. The van der Waals surface area contributed by atoms with Crippen LogP contribution in [0.3, 0.4) is 0 Å². The van der Waals surface area contributed by atoms with Crippen LogP contribution in [0.1, 0.15) is 56.3 Å². The standard InChI is InChI=1S/C24H29F3N4OS/c1-14(2)31-21(8-20(29-31)15-5-16(10-28-9-15)24(25,26)27)22-18-6-17(7-19(18)22)30-4-3-23(11-30)12-33(32)13-23/h5,8-10,14,17-19,22H,3-4,6-7,11-13H2,1-2H3. The Morgan fingerprint density at radius 2 is 1.88 bits per heavy atom. The largest absolute Gasteiger partial charge is 0.417 e. The van der Waals surface area contributed by atoms with E-state index in [0.717, 1.165) is 42.6 Å². The van der Waals surface area contributed by atoms with Gasteiger partial charge in [0.2, 0.25) is 0 Å². The fourth-order valence-corrected chi connectivity index (χ4v) is 8.41. The minimum Gasteiger partial charge on any atom is -0.300 e. The number of rotatable bonds is 4. The molecule has 4 heterocycles. The molecule has 4 fully saturated rings. The number of likely N-dealkylation sites (tertiary alicyclic amines) is 1.